The monoisotopic (exact) mass is 333 g/mol. The predicted octanol–water partition coefficient (Wildman–Crippen LogP) is 1.32. The van der Waals surface area contributed by atoms with Crippen molar-refractivity contribution in [1.82, 2.24) is 0 Å². The van der Waals surface area contributed by atoms with Crippen LogP contribution >= 0.6 is 0 Å². The van der Waals surface area contributed by atoms with Crippen molar-refractivity contribution < 1.29 is 35.3 Å². The van der Waals surface area contributed by atoms with Gasteiger partial charge >= 0.3 is 5.97 Å². The lowest BCUT2D eigenvalue weighted by Gasteiger charge is -2.24. The average molecular weight is 333 g/mol. The zero-order valence-electron chi connectivity index (χ0n) is 14.8. The maximum absolute atomic E-state index is 10.7. The van der Waals surface area contributed by atoms with E-state index in [4.69, 9.17) is 25.4 Å². The van der Waals surface area contributed by atoms with Gasteiger partial charge in [0.2, 0.25) is 0 Å². The second kappa shape index (κ2) is 7.90. The third kappa shape index (κ3) is 5.12. The molecule has 2 fully saturated rings. The van der Waals surface area contributed by atoms with E-state index in [0.29, 0.717) is 13.0 Å². The molecule has 7 heteroatoms. The molecule has 2 aliphatic heterocycles. The zero-order valence-corrected chi connectivity index (χ0v) is 13.8. The standard InChI is InChI=1S/C16H28O7/c1-4-13-12(17)7-14(22-13)10(2)20-8-11-9-21-16(3,23-11)6-5-15(18)19/h10-14,17H,4-9H2,1-3H3,(H,18,19)/i2D. The molecule has 6 unspecified atom stereocenters. The Hall–Kier alpha value is -0.730. The Morgan fingerprint density at radius 2 is 2.35 bits per heavy atom. The number of ether oxygens (including phenoxy) is 4. The number of aliphatic hydroxyl groups excluding tert-OH is 1. The van der Waals surface area contributed by atoms with E-state index in [2.05, 4.69) is 0 Å². The highest BCUT2D eigenvalue weighted by Gasteiger charge is 2.39. The van der Waals surface area contributed by atoms with Crippen molar-refractivity contribution in [1.29, 1.82) is 0 Å². The highest BCUT2D eigenvalue weighted by Crippen LogP contribution is 2.29. The van der Waals surface area contributed by atoms with Gasteiger partial charge in [-0.1, -0.05) is 6.92 Å². The predicted molar refractivity (Wildman–Crippen MR) is 81.1 cm³/mol. The maximum atomic E-state index is 10.7. The first-order valence-electron chi connectivity index (χ1n) is 8.85. The topological polar surface area (TPSA) is 94.5 Å². The van der Waals surface area contributed by atoms with Crippen molar-refractivity contribution in [3.05, 3.63) is 0 Å². The van der Waals surface area contributed by atoms with Crippen molar-refractivity contribution in [3.63, 3.8) is 0 Å². The average Bonchev–Trinajstić information content (AvgIpc) is 3.10. The van der Waals surface area contributed by atoms with Crippen LogP contribution in [0.15, 0.2) is 0 Å². The van der Waals surface area contributed by atoms with Crippen LogP contribution in [0.5, 0.6) is 0 Å². The summed E-state index contributed by atoms with van der Waals surface area (Å²) in [6, 6.07) is 0. The molecule has 0 aliphatic carbocycles. The summed E-state index contributed by atoms with van der Waals surface area (Å²) >= 11 is 0. The van der Waals surface area contributed by atoms with Crippen molar-refractivity contribution >= 4 is 5.97 Å². The van der Waals surface area contributed by atoms with Gasteiger partial charge in [-0.2, -0.15) is 0 Å². The summed E-state index contributed by atoms with van der Waals surface area (Å²) in [5.74, 6) is -1.80. The number of carbonyl (C=O) groups is 1. The van der Waals surface area contributed by atoms with E-state index in [1.807, 2.05) is 6.92 Å². The van der Waals surface area contributed by atoms with Crippen molar-refractivity contribution in [2.75, 3.05) is 13.2 Å². The highest BCUT2D eigenvalue weighted by molar-refractivity contribution is 5.66. The molecular weight excluding hydrogens is 304 g/mol. The van der Waals surface area contributed by atoms with Gasteiger partial charge in [-0.05, 0) is 20.2 Å². The number of rotatable bonds is 8. The third-order valence-corrected chi connectivity index (χ3v) is 4.35. The van der Waals surface area contributed by atoms with Crippen LogP contribution in [-0.2, 0) is 23.7 Å². The summed E-state index contributed by atoms with van der Waals surface area (Å²) in [5, 5.41) is 18.7. The quantitative estimate of drug-likeness (QED) is 0.691. The first kappa shape index (κ1) is 17.1. The molecular formula is C16H28O7. The van der Waals surface area contributed by atoms with Gasteiger partial charge in [-0.15, -0.1) is 0 Å². The van der Waals surface area contributed by atoms with Gasteiger partial charge in [-0.3, -0.25) is 4.79 Å². The molecule has 23 heavy (non-hydrogen) atoms. The Morgan fingerprint density at radius 3 is 2.96 bits per heavy atom. The van der Waals surface area contributed by atoms with E-state index in [1.165, 1.54) is 0 Å². The molecule has 2 N–H and O–H groups in total. The summed E-state index contributed by atoms with van der Waals surface area (Å²) in [6.45, 7) is 4.29. The van der Waals surface area contributed by atoms with E-state index < -0.39 is 24.0 Å². The number of hydrogen-bond donors (Lipinski definition) is 2. The molecule has 2 saturated heterocycles. The largest absolute Gasteiger partial charge is 0.481 e. The Bertz CT molecular complexity index is 421. The van der Waals surface area contributed by atoms with Crippen molar-refractivity contribution in [3.8, 4) is 0 Å². The number of aliphatic hydroxyl groups is 1. The summed E-state index contributed by atoms with van der Waals surface area (Å²) in [5.41, 5.74) is 0. The van der Waals surface area contributed by atoms with Gasteiger partial charge in [0.05, 0.1) is 44.1 Å². The minimum Gasteiger partial charge on any atom is -0.481 e. The minimum atomic E-state index is -0.907. The molecule has 0 amide bonds. The van der Waals surface area contributed by atoms with Gasteiger partial charge in [0.1, 0.15) is 6.10 Å². The van der Waals surface area contributed by atoms with E-state index in [0.717, 1.165) is 6.42 Å². The molecule has 0 spiro atoms. The molecule has 0 aromatic rings. The molecule has 7 nitrogen and oxygen atoms in total. The van der Waals surface area contributed by atoms with Crippen molar-refractivity contribution in [2.24, 2.45) is 0 Å². The Kier molecular flexibility index (Phi) is 5.87. The van der Waals surface area contributed by atoms with Gasteiger partial charge in [0.15, 0.2) is 5.79 Å². The fourth-order valence-electron chi connectivity index (χ4n) is 2.94. The SMILES string of the molecule is [2H]CC(OCC1COC(C)(CCC(=O)O)O1)C1CC(O)C(CC)O1. The smallest absolute Gasteiger partial charge is 0.303 e. The number of hydrogen-bond acceptors (Lipinski definition) is 6. The van der Waals surface area contributed by atoms with Crippen LogP contribution < -0.4 is 0 Å². The second-order valence-corrected chi connectivity index (χ2v) is 6.37. The second-order valence-electron chi connectivity index (χ2n) is 6.37. The molecule has 0 saturated carbocycles. The van der Waals surface area contributed by atoms with Crippen LogP contribution in [-0.4, -0.2) is 65.7 Å². The van der Waals surface area contributed by atoms with Gasteiger partial charge in [0, 0.05) is 14.2 Å². The first-order valence-corrected chi connectivity index (χ1v) is 8.14. The van der Waals surface area contributed by atoms with E-state index >= 15 is 0 Å². The highest BCUT2D eigenvalue weighted by atomic mass is 16.7. The fourth-order valence-corrected chi connectivity index (χ4v) is 2.94. The van der Waals surface area contributed by atoms with E-state index in [9.17, 15) is 9.90 Å². The molecule has 134 valence electrons. The lowest BCUT2D eigenvalue weighted by Crippen LogP contribution is -2.32. The molecule has 0 aromatic heterocycles. The van der Waals surface area contributed by atoms with Gasteiger partial charge in [-0.25, -0.2) is 0 Å². The lowest BCUT2D eigenvalue weighted by molar-refractivity contribution is -0.173. The van der Waals surface area contributed by atoms with Crippen LogP contribution in [0.2, 0.25) is 0 Å². The van der Waals surface area contributed by atoms with Crippen LogP contribution in [0, 0.1) is 0 Å². The number of carboxylic acids is 1. The van der Waals surface area contributed by atoms with Crippen LogP contribution in [0.1, 0.15) is 47.8 Å². The number of aliphatic carboxylic acids is 1. The fraction of sp³-hybridized carbons (Fsp3) is 0.938. The first-order chi connectivity index (χ1) is 11.4. The molecule has 2 aliphatic rings. The summed E-state index contributed by atoms with van der Waals surface area (Å²) in [7, 11) is 0. The summed E-state index contributed by atoms with van der Waals surface area (Å²) in [4.78, 5) is 10.7. The van der Waals surface area contributed by atoms with Gasteiger partial charge in [0.25, 0.3) is 0 Å². The van der Waals surface area contributed by atoms with E-state index in [-0.39, 0.29) is 44.7 Å². The van der Waals surface area contributed by atoms with Crippen molar-refractivity contribution in [2.45, 2.75) is 82.7 Å². The Labute approximate surface area is 138 Å². The molecule has 2 heterocycles. The lowest BCUT2D eigenvalue weighted by atomic mass is 10.1. The maximum Gasteiger partial charge on any atom is 0.303 e. The summed E-state index contributed by atoms with van der Waals surface area (Å²) in [6.07, 6.45) is -0.270. The normalized spacial score (nSPS) is 39.3. The zero-order chi connectivity index (χ0) is 17.7. The molecule has 0 aromatic carbocycles. The molecule has 2 rings (SSSR count). The molecule has 6 atom stereocenters. The summed E-state index contributed by atoms with van der Waals surface area (Å²) < 4.78 is 30.5. The van der Waals surface area contributed by atoms with Crippen LogP contribution in [0.25, 0.3) is 0 Å². The van der Waals surface area contributed by atoms with Crippen LogP contribution in [0.3, 0.4) is 0 Å². The minimum absolute atomic E-state index is 0.0222. The van der Waals surface area contributed by atoms with Crippen LogP contribution in [0.4, 0.5) is 0 Å². The molecule has 0 radical (unpaired) electrons. The van der Waals surface area contributed by atoms with E-state index in [1.54, 1.807) is 6.92 Å². The Morgan fingerprint density at radius 1 is 1.57 bits per heavy atom. The third-order valence-electron chi connectivity index (χ3n) is 4.35. The van der Waals surface area contributed by atoms with Gasteiger partial charge < -0.3 is 29.2 Å². The number of carboxylic acid groups (broad SMARTS) is 1. The Balaban J connectivity index is 1.77. The molecule has 0 bridgehead atoms.